The van der Waals surface area contributed by atoms with Gasteiger partial charge in [0.2, 0.25) is 5.88 Å². The third-order valence-electron chi connectivity index (χ3n) is 2.28. The van der Waals surface area contributed by atoms with Crippen LogP contribution in [0, 0.1) is 0 Å². The number of hydrogen-bond acceptors (Lipinski definition) is 5. The SMILES string of the molecule is CCc1cc2c(OCCNC)ncnc2s1. The molecule has 0 fully saturated rings. The lowest BCUT2D eigenvalue weighted by atomic mass is 10.3. The van der Waals surface area contributed by atoms with Crippen molar-refractivity contribution in [1.29, 1.82) is 0 Å². The number of rotatable bonds is 5. The van der Waals surface area contributed by atoms with Crippen LogP contribution in [-0.4, -0.2) is 30.2 Å². The fraction of sp³-hybridized carbons (Fsp3) is 0.455. The van der Waals surface area contributed by atoms with Crippen LogP contribution in [0.15, 0.2) is 12.4 Å². The van der Waals surface area contributed by atoms with Crippen LogP contribution >= 0.6 is 11.3 Å². The quantitative estimate of drug-likeness (QED) is 0.806. The minimum absolute atomic E-state index is 0.625. The molecule has 2 heterocycles. The lowest BCUT2D eigenvalue weighted by molar-refractivity contribution is 0.310. The van der Waals surface area contributed by atoms with E-state index in [-0.39, 0.29) is 0 Å². The summed E-state index contributed by atoms with van der Waals surface area (Å²) in [6.45, 7) is 3.58. The van der Waals surface area contributed by atoms with Gasteiger partial charge >= 0.3 is 0 Å². The third-order valence-corrected chi connectivity index (χ3v) is 3.47. The van der Waals surface area contributed by atoms with E-state index in [4.69, 9.17) is 4.74 Å². The Morgan fingerprint density at radius 2 is 2.31 bits per heavy atom. The van der Waals surface area contributed by atoms with Gasteiger partial charge in [0.05, 0.1) is 5.39 Å². The number of aromatic nitrogens is 2. The number of nitrogens with one attached hydrogen (secondary N) is 1. The Labute approximate surface area is 98.7 Å². The number of aryl methyl sites for hydroxylation is 1. The molecule has 0 bridgehead atoms. The number of thiophene rings is 1. The zero-order valence-electron chi connectivity index (χ0n) is 9.49. The maximum atomic E-state index is 5.61. The zero-order chi connectivity index (χ0) is 11.4. The number of hydrogen-bond donors (Lipinski definition) is 1. The van der Waals surface area contributed by atoms with Gasteiger partial charge in [-0.15, -0.1) is 11.3 Å². The van der Waals surface area contributed by atoms with E-state index in [2.05, 4.69) is 28.3 Å². The second-order valence-corrected chi connectivity index (χ2v) is 4.53. The highest BCUT2D eigenvalue weighted by Crippen LogP contribution is 2.29. The van der Waals surface area contributed by atoms with Crippen LogP contribution in [0.25, 0.3) is 10.2 Å². The molecule has 0 saturated heterocycles. The summed E-state index contributed by atoms with van der Waals surface area (Å²) < 4.78 is 5.61. The molecule has 0 aliphatic carbocycles. The van der Waals surface area contributed by atoms with Crippen LogP contribution in [0.5, 0.6) is 5.88 Å². The van der Waals surface area contributed by atoms with Crippen LogP contribution in [-0.2, 0) is 6.42 Å². The topological polar surface area (TPSA) is 47.0 Å². The second kappa shape index (κ2) is 5.23. The summed E-state index contributed by atoms with van der Waals surface area (Å²) in [5.74, 6) is 0.691. The minimum Gasteiger partial charge on any atom is -0.476 e. The van der Waals surface area contributed by atoms with Gasteiger partial charge in [0.25, 0.3) is 0 Å². The lowest BCUT2D eigenvalue weighted by Gasteiger charge is -2.04. The molecule has 2 aromatic heterocycles. The highest BCUT2D eigenvalue weighted by Gasteiger charge is 2.08. The van der Waals surface area contributed by atoms with Crippen LogP contribution < -0.4 is 10.1 Å². The lowest BCUT2D eigenvalue weighted by Crippen LogP contribution is -2.16. The average Bonchev–Trinajstić information content (AvgIpc) is 2.73. The first kappa shape index (κ1) is 11.3. The third kappa shape index (κ3) is 2.31. The Hall–Kier alpha value is -1.20. The fourth-order valence-corrected chi connectivity index (χ4v) is 2.35. The van der Waals surface area contributed by atoms with Gasteiger partial charge in [0.15, 0.2) is 0 Å². The Bertz CT molecular complexity index is 469. The van der Waals surface area contributed by atoms with E-state index in [1.807, 2.05) is 7.05 Å². The molecule has 0 spiro atoms. The molecule has 0 aliphatic heterocycles. The number of ether oxygens (including phenoxy) is 1. The fourth-order valence-electron chi connectivity index (χ4n) is 1.42. The summed E-state index contributed by atoms with van der Waals surface area (Å²) in [4.78, 5) is 10.7. The predicted octanol–water partition coefficient (Wildman–Crippen LogP) is 1.85. The van der Waals surface area contributed by atoms with Crippen LogP contribution in [0.3, 0.4) is 0 Å². The van der Waals surface area contributed by atoms with Crippen molar-refractivity contribution in [2.24, 2.45) is 0 Å². The molecule has 0 aromatic carbocycles. The Morgan fingerprint density at radius 3 is 3.06 bits per heavy atom. The van der Waals surface area contributed by atoms with Crippen molar-refractivity contribution in [3.05, 3.63) is 17.3 Å². The molecular weight excluding hydrogens is 222 g/mol. The van der Waals surface area contributed by atoms with E-state index in [0.29, 0.717) is 12.5 Å². The van der Waals surface area contributed by atoms with Gasteiger partial charge in [-0.05, 0) is 19.5 Å². The predicted molar refractivity (Wildman–Crippen MR) is 66.2 cm³/mol. The minimum atomic E-state index is 0.625. The summed E-state index contributed by atoms with van der Waals surface area (Å²) in [6.07, 6.45) is 2.59. The Kier molecular flexibility index (Phi) is 3.69. The molecule has 0 atom stereocenters. The Balaban J connectivity index is 2.26. The van der Waals surface area contributed by atoms with Crippen molar-refractivity contribution < 1.29 is 4.74 Å². The van der Waals surface area contributed by atoms with Crippen molar-refractivity contribution in [3.8, 4) is 5.88 Å². The van der Waals surface area contributed by atoms with Gasteiger partial charge in [0, 0.05) is 11.4 Å². The summed E-state index contributed by atoms with van der Waals surface area (Å²) in [5.41, 5.74) is 0. The van der Waals surface area contributed by atoms with E-state index in [0.717, 1.165) is 23.2 Å². The Morgan fingerprint density at radius 1 is 1.44 bits per heavy atom. The number of nitrogens with zero attached hydrogens (tertiary/aromatic N) is 2. The molecule has 16 heavy (non-hydrogen) atoms. The smallest absolute Gasteiger partial charge is 0.225 e. The van der Waals surface area contributed by atoms with Crippen LogP contribution in [0.2, 0.25) is 0 Å². The largest absolute Gasteiger partial charge is 0.476 e. The molecule has 2 rings (SSSR count). The monoisotopic (exact) mass is 237 g/mol. The van der Waals surface area contributed by atoms with Crippen molar-refractivity contribution >= 4 is 21.6 Å². The standard InChI is InChI=1S/C11H15N3OS/c1-3-8-6-9-10(15-5-4-12-2)13-7-14-11(9)16-8/h6-7,12H,3-5H2,1-2H3. The summed E-state index contributed by atoms with van der Waals surface area (Å²) in [6, 6.07) is 2.12. The van der Waals surface area contributed by atoms with Crippen molar-refractivity contribution in [2.45, 2.75) is 13.3 Å². The summed E-state index contributed by atoms with van der Waals surface area (Å²) >= 11 is 1.70. The molecule has 0 radical (unpaired) electrons. The van der Waals surface area contributed by atoms with E-state index < -0.39 is 0 Å². The van der Waals surface area contributed by atoms with Gasteiger partial charge in [-0.1, -0.05) is 6.92 Å². The van der Waals surface area contributed by atoms with E-state index in [9.17, 15) is 0 Å². The molecule has 0 saturated carbocycles. The summed E-state index contributed by atoms with van der Waals surface area (Å²) in [5, 5.41) is 4.06. The molecule has 86 valence electrons. The first-order chi connectivity index (χ1) is 7.85. The zero-order valence-corrected chi connectivity index (χ0v) is 10.3. The number of fused-ring (bicyclic) bond motifs is 1. The van der Waals surface area contributed by atoms with Crippen LogP contribution in [0.4, 0.5) is 0 Å². The van der Waals surface area contributed by atoms with Gasteiger partial charge in [-0.25, -0.2) is 9.97 Å². The molecule has 0 aliphatic rings. The first-order valence-corrected chi connectivity index (χ1v) is 6.17. The maximum absolute atomic E-state index is 5.61. The highest BCUT2D eigenvalue weighted by atomic mass is 32.1. The van der Waals surface area contributed by atoms with E-state index in [1.54, 1.807) is 17.7 Å². The molecule has 0 amide bonds. The highest BCUT2D eigenvalue weighted by molar-refractivity contribution is 7.18. The molecule has 4 nitrogen and oxygen atoms in total. The van der Waals surface area contributed by atoms with Crippen molar-refractivity contribution in [2.75, 3.05) is 20.2 Å². The molecular formula is C11H15N3OS. The normalized spacial score (nSPS) is 10.9. The van der Waals surface area contributed by atoms with Gasteiger partial charge in [-0.3, -0.25) is 0 Å². The molecule has 1 N–H and O–H groups in total. The van der Waals surface area contributed by atoms with Crippen molar-refractivity contribution in [1.82, 2.24) is 15.3 Å². The molecule has 0 unspecified atom stereocenters. The second-order valence-electron chi connectivity index (χ2n) is 3.42. The molecule has 2 aromatic rings. The van der Waals surface area contributed by atoms with E-state index >= 15 is 0 Å². The van der Waals surface area contributed by atoms with Gasteiger partial charge in [-0.2, -0.15) is 0 Å². The van der Waals surface area contributed by atoms with Crippen LogP contribution in [0.1, 0.15) is 11.8 Å². The summed E-state index contributed by atoms with van der Waals surface area (Å²) in [7, 11) is 1.90. The maximum Gasteiger partial charge on any atom is 0.225 e. The van der Waals surface area contributed by atoms with Gasteiger partial charge in [0.1, 0.15) is 17.8 Å². The number of likely N-dealkylation sites (N-methyl/N-ethyl adjacent to an activating group) is 1. The van der Waals surface area contributed by atoms with Gasteiger partial charge < -0.3 is 10.1 Å². The van der Waals surface area contributed by atoms with Crippen molar-refractivity contribution in [3.63, 3.8) is 0 Å². The average molecular weight is 237 g/mol. The first-order valence-electron chi connectivity index (χ1n) is 5.36. The van der Waals surface area contributed by atoms with E-state index in [1.165, 1.54) is 4.88 Å². The molecule has 5 heteroatoms.